The number of hydrogen-bond donors (Lipinski definition) is 4. The Bertz CT molecular complexity index is 1570. The summed E-state index contributed by atoms with van der Waals surface area (Å²) in [6.45, 7) is 5.71. The standard InChI is InChI=1S/C28H33FN6O4S/c1-16-25-24(15-28(2,3)32-27(25)37)35(33-16)20-10-13-22(26(30)36)23(14-20)31-18-6-8-19(9-7-18)34-40(38,39)21-11-4-17(29)5-12-21/h4-5,10-14,18-19,31,34H,6-9,15H2,1-3H3,(H2,30,36)(H,32,37). The van der Waals surface area contributed by atoms with Crippen LogP contribution in [0.4, 0.5) is 10.1 Å². The summed E-state index contributed by atoms with van der Waals surface area (Å²) >= 11 is 0. The summed E-state index contributed by atoms with van der Waals surface area (Å²) in [7, 11) is -3.76. The van der Waals surface area contributed by atoms with Crippen LogP contribution in [0, 0.1) is 12.7 Å². The first-order valence-corrected chi connectivity index (χ1v) is 14.7. The SMILES string of the molecule is Cc1nn(-c2ccc(C(N)=O)c(NC3CCC(NS(=O)(=O)c4ccc(F)cc4)CC3)c2)c2c1C(=O)NC(C)(C)C2. The summed E-state index contributed by atoms with van der Waals surface area (Å²) < 4.78 is 43.1. The molecule has 5 N–H and O–H groups in total. The van der Waals surface area contributed by atoms with Gasteiger partial charge < -0.3 is 16.4 Å². The van der Waals surface area contributed by atoms with E-state index in [2.05, 4.69) is 20.5 Å². The number of nitrogens with zero attached hydrogens (tertiary/aromatic N) is 2. The number of primary amides is 1. The maximum Gasteiger partial charge on any atom is 0.255 e. The highest BCUT2D eigenvalue weighted by Crippen LogP contribution is 2.31. The van der Waals surface area contributed by atoms with Crippen LogP contribution in [0.5, 0.6) is 0 Å². The molecule has 0 spiro atoms. The molecule has 1 aliphatic heterocycles. The van der Waals surface area contributed by atoms with Gasteiger partial charge in [0.2, 0.25) is 10.0 Å². The lowest BCUT2D eigenvalue weighted by atomic mass is 9.90. The molecule has 1 saturated carbocycles. The van der Waals surface area contributed by atoms with E-state index in [0.29, 0.717) is 60.3 Å². The first kappa shape index (κ1) is 27.8. The molecule has 0 bridgehead atoms. The highest BCUT2D eigenvalue weighted by atomic mass is 32.2. The fraction of sp³-hybridized carbons (Fsp3) is 0.393. The molecular weight excluding hydrogens is 535 g/mol. The number of anilines is 1. The summed E-state index contributed by atoms with van der Waals surface area (Å²) in [4.78, 5) is 25.0. The lowest BCUT2D eigenvalue weighted by molar-refractivity contribution is 0.0894. The average molecular weight is 569 g/mol. The zero-order valence-corrected chi connectivity index (χ0v) is 23.4. The number of amides is 2. The quantitative estimate of drug-likeness (QED) is 0.344. The topological polar surface area (TPSA) is 148 Å². The molecule has 2 aromatic carbocycles. The van der Waals surface area contributed by atoms with E-state index in [1.165, 1.54) is 12.1 Å². The van der Waals surface area contributed by atoms with Gasteiger partial charge in [-0.3, -0.25) is 9.59 Å². The van der Waals surface area contributed by atoms with E-state index in [-0.39, 0.29) is 22.9 Å². The lowest BCUT2D eigenvalue weighted by Crippen LogP contribution is -2.49. The number of carbonyl (C=O) groups excluding carboxylic acids is 2. The van der Waals surface area contributed by atoms with E-state index in [1.54, 1.807) is 23.7 Å². The van der Waals surface area contributed by atoms with Crippen LogP contribution in [-0.2, 0) is 16.4 Å². The van der Waals surface area contributed by atoms with Crippen molar-refractivity contribution in [2.45, 2.75) is 75.4 Å². The molecular formula is C28H33FN6O4S. The first-order chi connectivity index (χ1) is 18.8. The van der Waals surface area contributed by atoms with Gasteiger partial charge in [0.25, 0.3) is 11.8 Å². The number of aryl methyl sites for hydroxylation is 1. The Morgan fingerprint density at radius 2 is 1.75 bits per heavy atom. The van der Waals surface area contributed by atoms with Crippen LogP contribution in [0.1, 0.15) is 71.6 Å². The molecule has 5 rings (SSSR count). The second kappa shape index (κ2) is 10.3. The molecule has 3 aromatic rings. The number of rotatable bonds is 7. The molecule has 40 heavy (non-hydrogen) atoms. The summed E-state index contributed by atoms with van der Waals surface area (Å²) in [5.41, 5.74) is 8.83. The monoisotopic (exact) mass is 568 g/mol. The van der Waals surface area contributed by atoms with E-state index in [0.717, 1.165) is 17.8 Å². The Hall–Kier alpha value is -3.77. The van der Waals surface area contributed by atoms with Crippen LogP contribution in [0.2, 0.25) is 0 Å². The van der Waals surface area contributed by atoms with Gasteiger partial charge in [0, 0.05) is 29.7 Å². The average Bonchev–Trinajstić information content (AvgIpc) is 3.20. The highest BCUT2D eigenvalue weighted by Gasteiger charge is 2.35. The smallest absolute Gasteiger partial charge is 0.255 e. The molecule has 0 unspecified atom stereocenters. The zero-order valence-electron chi connectivity index (χ0n) is 22.6. The number of aromatic nitrogens is 2. The van der Waals surface area contributed by atoms with Gasteiger partial charge in [0.05, 0.1) is 33.1 Å². The van der Waals surface area contributed by atoms with Crippen LogP contribution >= 0.6 is 0 Å². The second-order valence-electron chi connectivity index (χ2n) is 11.2. The van der Waals surface area contributed by atoms with E-state index >= 15 is 0 Å². The van der Waals surface area contributed by atoms with E-state index < -0.39 is 27.3 Å². The Labute approximate surface area is 232 Å². The van der Waals surface area contributed by atoms with Gasteiger partial charge in [-0.05, 0) is 88.9 Å². The fourth-order valence-corrected chi connectivity index (χ4v) is 6.86. The second-order valence-corrected chi connectivity index (χ2v) is 12.9. The highest BCUT2D eigenvalue weighted by molar-refractivity contribution is 7.89. The third-order valence-corrected chi connectivity index (χ3v) is 9.03. The van der Waals surface area contributed by atoms with E-state index in [1.807, 2.05) is 19.9 Å². The summed E-state index contributed by atoms with van der Waals surface area (Å²) in [5.74, 6) is -1.23. The number of sulfonamides is 1. The zero-order chi connectivity index (χ0) is 28.8. The van der Waals surface area contributed by atoms with Crippen LogP contribution in [-0.4, -0.2) is 47.6 Å². The van der Waals surface area contributed by atoms with Crippen molar-refractivity contribution < 1.29 is 22.4 Å². The Morgan fingerprint density at radius 3 is 2.40 bits per heavy atom. The maximum absolute atomic E-state index is 13.2. The third kappa shape index (κ3) is 5.59. The Morgan fingerprint density at radius 1 is 1.10 bits per heavy atom. The fourth-order valence-electron chi connectivity index (χ4n) is 5.55. The van der Waals surface area contributed by atoms with E-state index in [4.69, 9.17) is 5.73 Å². The number of nitrogens with one attached hydrogen (secondary N) is 3. The van der Waals surface area contributed by atoms with Crippen molar-refractivity contribution in [2.75, 3.05) is 5.32 Å². The summed E-state index contributed by atoms with van der Waals surface area (Å²) in [6, 6.07) is 9.68. The van der Waals surface area contributed by atoms with Crippen molar-refractivity contribution in [3.05, 3.63) is 70.8 Å². The molecule has 212 valence electrons. The van der Waals surface area contributed by atoms with Crippen LogP contribution in [0.3, 0.4) is 0 Å². The molecule has 0 saturated heterocycles. The molecule has 1 fully saturated rings. The third-order valence-electron chi connectivity index (χ3n) is 7.49. The van der Waals surface area contributed by atoms with Gasteiger partial charge in [-0.25, -0.2) is 22.2 Å². The molecule has 2 heterocycles. The molecule has 0 radical (unpaired) electrons. The predicted molar refractivity (Wildman–Crippen MR) is 148 cm³/mol. The lowest BCUT2D eigenvalue weighted by Gasteiger charge is -2.31. The minimum atomic E-state index is -3.76. The molecule has 0 atom stereocenters. The van der Waals surface area contributed by atoms with Crippen molar-refractivity contribution in [3.63, 3.8) is 0 Å². The van der Waals surface area contributed by atoms with Crippen LogP contribution < -0.4 is 21.1 Å². The minimum Gasteiger partial charge on any atom is -0.382 e. The largest absolute Gasteiger partial charge is 0.382 e. The van der Waals surface area contributed by atoms with Crippen molar-refractivity contribution in [2.24, 2.45) is 5.73 Å². The Balaban J connectivity index is 1.33. The number of nitrogens with two attached hydrogens (primary N) is 1. The number of hydrogen-bond acceptors (Lipinski definition) is 6. The van der Waals surface area contributed by atoms with Gasteiger partial charge in [-0.2, -0.15) is 5.10 Å². The molecule has 2 aliphatic rings. The number of benzene rings is 2. The normalized spacial score (nSPS) is 20.4. The van der Waals surface area contributed by atoms with Gasteiger partial charge >= 0.3 is 0 Å². The molecule has 2 amide bonds. The van der Waals surface area contributed by atoms with Gasteiger partial charge in [0.1, 0.15) is 5.82 Å². The van der Waals surface area contributed by atoms with Gasteiger partial charge in [-0.15, -0.1) is 0 Å². The van der Waals surface area contributed by atoms with Gasteiger partial charge in [-0.1, -0.05) is 0 Å². The van der Waals surface area contributed by atoms with Crippen LogP contribution in [0.25, 0.3) is 5.69 Å². The molecule has 10 nitrogen and oxygen atoms in total. The van der Waals surface area contributed by atoms with Crippen LogP contribution in [0.15, 0.2) is 47.4 Å². The summed E-state index contributed by atoms with van der Waals surface area (Å²) in [6.07, 6.45) is 3.07. The predicted octanol–water partition coefficient (Wildman–Crippen LogP) is 3.18. The first-order valence-electron chi connectivity index (χ1n) is 13.2. The van der Waals surface area contributed by atoms with E-state index in [9.17, 15) is 22.4 Å². The van der Waals surface area contributed by atoms with Crippen molar-refractivity contribution >= 4 is 27.5 Å². The molecule has 1 aliphatic carbocycles. The summed E-state index contributed by atoms with van der Waals surface area (Å²) in [5, 5.41) is 11.1. The number of carbonyl (C=O) groups is 2. The maximum atomic E-state index is 13.2. The van der Waals surface area contributed by atoms with Crippen molar-refractivity contribution in [1.29, 1.82) is 0 Å². The number of halogens is 1. The van der Waals surface area contributed by atoms with Crippen molar-refractivity contribution in [1.82, 2.24) is 19.8 Å². The Kier molecular flexibility index (Phi) is 7.17. The van der Waals surface area contributed by atoms with Gasteiger partial charge in [0.15, 0.2) is 0 Å². The molecule has 12 heteroatoms. The number of fused-ring (bicyclic) bond motifs is 1. The van der Waals surface area contributed by atoms with Crippen molar-refractivity contribution in [3.8, 4) is 5.69 Å². The minimum absolute atomic E-state index is 0.0158. The molecule has 1 aromatic heterocycles.